The van der Waals surface area contributed by atoms with Gasteiger partial charge in [-0.3, -0.25) is 4.79 Å². The summed E-state index contributed by atoms with van der Waals surface area (Å²) in [7, 11) is 0. The van der Waals surface area contributed by atoms with Crippen molar-refractivity contribution in [2.45, 2.75) is 45.3 Å². The number of nitrogens with two attached hydrogens (primary N) is 1. The molecule has 84 valence electrons. The minimum absolute atomic E-state index is 0.318. The van der Waals surface area contributed by atoms with E-state index in [2.05, 4.69) is 10.1 Å². The Morgan fingerprint density at radius 2 is 2.21 bits per heavy atom. The number of hydrogen-bond acceptors (Lipinski definition) is 4. The van der Waals surface area contributed by atoms with E-state index in [1.54, 1.807) is 0 Å². The molecule has 1 saturated heterocycles. The molecule has 0 spiro atoms. The van der Waals surface area contributed by atoms with Crippen molar-refractivity contribution in [1.82, 2.24) is 5.32 Å². The fourth-order valence-electron chi connectivity index (χ4n) is 1.10. The smallest absolute Gasteiger partial charge is 0.293 e. The Morgan fingerprint density at radius 3 is 2.36 bits per heavy atom. The van der Waals surface area contributed by atoms with Crippen LogP contribution < -0.4 is 11.1 Å². The number of ether oxygens (including phenoxy) is 1. The topological polar surface area (TPSA) is 64.3 Å². The normalized spacial score (nSPS) is 21.0. The van der Waals surface area contributed by atoms with Crippen LogP contribution >= 0.6 is 0 Å². The first kappa shape index (κ1) is 13.4. The standard InChI is InChI=1S/C5H12N2.C5H10O2/c6-4-5-2-1-3-7-5;1-5(2,3)7-4-6/h5,7H,1-4,6H2;4H,1-3H3/t5-;/m0./s1. The number of hydrogen-bond donors (Lipinski definition) is 2. The first-order chi connectivity index (χ1) is 6.49. The highest BCUT2D eigenvalue weighted by Gasteiger charge is 2.10. The molecule has 1 heterocycles. The van der Waals surface area contributed by atoms with E-state index >= 15 is 0 Å². The maximum absolute atomic E-state index is 9.60. The van der Waals surface area contributed by atoms with Gasteiger partial charge in [0.1, 0.15) is 5.60 Å². The van der Waals surface area contributed by atoms with Crippen molar-refractivity contribution >= 4 is 6.47 Å². The lowest BCUT2D eigenvalue weighted by Crippen LogP contribution is -2.29. The van der Waals surface area contributed by atoms with Gasteiger partial charge in [-0.25, -0.2) is 0 Å². The molecule has 4 heteroatoms. The lowest BCUT2D eigenvalue weighted by atomic mass is 10.2. The van der Waals surface area contributed by atoms with Gasteiger partial charge < -0.3 is 15.8 Å². The van der Waals surface area contributed by atoms with Crippen LogP contribution in [-0.4, -0.2) is 31.2 Å². The zero-order valence-electron chi connectivity index (χ0n) is 9.38. The van der Waals surface area contributed by atoms with Crippen LogP contribution in [0.25, 0.3) is 0 Å². The van der Waals surface area contributed by atoms with Crippen LogP contribution in [0.15, 0.2) is 0 Å². The molecule has 0 aliphatic carbocycles. The van der Waals surface area contributed by atoms with Gasteiger partial charge in [-0.1, -0.05) is 0 Å². The summed E-state index contributed by atoms with van der Waals surface area (Å²) in [6.45, 7) is 7.89. The molecule has 0 radical (unpaired) electrons. The van der Waals surface area contributed by atoms with Gasteiger partial charge in [-0.15, -0.1) is 0 Å². The van der Waals surface area contributed by atoms with E-state index < -0.39 is 0 Å². The maximum Gasteiger partial charge on any atom is 0.293 e. The zero-order valence-corrected chi connectivity index (χ0v) is 9.38. The Morgan fingerprint density at radius 1 is 1.57 bits per heavy atom. The number of nitrogens with one attached hydrogen (secondary N) is 1. The highest BCUT2D eigenvalue weighted by atomic mass is 16.5. The van der Waals surface area contributed by atoms with Crippen LogP contribution in [0.5, 0.6) is 0 Å². The molecule has 0 aromatic carbocycles. The highest BCUT2D eigenvalue weighted by Crippen LogP contribution is 2.02. The molecule has 1 rings (SSSR count). The first-order valence-electron chi connectivity index (χ1n) is 5.04. The van der Waals surface area contributed by atoms with Crippen molar-refractivity contribution in [3.05, 3.63) is 0 Å². The molecule has 1 aliphatic heterocycles. The van der Waals surface area contributed by atoms with E-state index in [9.17, 15) is 4.79 Å². The largest absolute Gasteiger partial charge is 0.462 e. The molecule has 1 fully saturated rings. The Bertz CT molecular complexity index is 149. The SMILES string of the molecule is CC(C)(C)OC=O.NC[C@@H]1CCCN1. The van der Waals surface area contributed by atoms with Crippen molar-refractivity contribution in [3.63, 3.8) is 0 Å². The second-order valence-electron chi connectivity index (χ2n) is 4.36. The van der Waals surface area contributed by atoms with Gasteiger partial charge in [0.2, 0.25) is 0 Å². The van der Waals surface area contributed by atoms with E-state index in [0.717, 1.165) is 6.54 Å². The average molecular weight is 202 g/mol. The van der Waals surface area contributed by atoms with Crippen LogP contribution in [0.3, 0.4) is 0 Å². The monoisotopic (exact) mass is 202 g/mol. The van der Waals surface area contributed by atoms with Gasteiger partial charge in [0.05, 0.1) is 0 Å². The van der Waals surface area contributed by atoms with Gasteiger partial charge in [0, 0.05) is 12.6 Å². The quantitative estimate of drug-likeness (QED) is 0.645. The molecular weight excluding hydrogens is 180 g/mol. The van der Waals surface area contributed by atoms with Gasteiger partial charge in [-0.05, 0) is 40.2 Å². The minimum Gasteiger partial charge on any atom is -0.462 e. The van der Waals surface area contributed by atoms with Crippen molar-refractivity contribution in [2.75, 3.05) is 13.1 Å². The summed E-state index contributed by atoms with van der Waals surface area (Å²) in [5.74, 6) is 0. The number of carbonyl (C=O) groups excluding carboxylic acids is 1. The third kappa shape index (κ3) is 8.01. The molecule has 0 bridgehead atoms. The Kier molecular flexibility index (Phi) is 6.49. The summed E-state index contributed by atoms with van der Waals surface area (Å²) in [5, 5.41) is 3.28. The molecule has 0 unspecified atom stereocenters. The predicted molar refractivity (Wildman–Crippen MR) is 57.0 cm³/mol. The Labute approximate surface area is 86.2 Å². The summed E-state index contributed by atoms with van der Waals surface area (Å²) >= 11 is 0. The number of carbonyl (C=O) groups is 1. The molecule has 0 aromatic rings. The molecule has 14 heavy (non-hydrogen) atoms. The van der Waals surface area contributed by atoms with Crippen molar-refractivity contribution in [1.29, 1.82) is 0 Å². The van der Waals surface area contributed by atoms with Gasteiger partial charge >= 0.3 is 0 Å². The summed E-state index contributed by atoms with van der Waals surface area (Å²) in [6, 6.07) is 0.625. The summed E-state index contributed by atoms with van der Waals surface area (Å²) < 4.78 is 4.55. The lowest BCUT2D eigenvalue weighted by Gasteiger charge is -2.14. The summed E-state index contributed by atoms with van der Waals surface area (Å²) in [4.78, 5) is 9.60. The summed E-state index contributed by atoms with van der Waals surface area (Å²) in [5.41, 5.74) is 5.05. The van der Waals surface area contributed by atoms with Crippen molar-refractivity contribution in [3.8, 4) is 0 Å². The fraction of sp³-hybridized carbons (Fsp3) is 0.900. The molecule has 0 aromatic heterocycles. The van der Waals surface area contributed by atoms with Crippen LogP contribution in [0.4, 0.5) is 0 Å². The Balaban J connectivity index is 0.000000241. The van der Waals surface area contributed by atoms with Gasteiger partial charge in [-0.2, -0.15) is 0 Å². The Hall–Kier alpha value is -0.610. The fourth-order valence-corrected chi connectivity index (χ4v) is 1.10. The van der Waals surface area contributed by atoms with Crippen molar-refractivity contribution in [2.24, 2.45) is 5.73 Å². The molecule has 0 amide bonds. The van der Waals surface area contributed by atoms with E-state index in [4.69, 9.17) is 5.73 Å². The summed E-state index contributed by atoms with van der Waals surface area (Å²) in [6.07, 6.45) is 2.58. The van der Waals surface area contributed by atoms with Crippen LogP contribution in [0.2, 0.25) is 0 Å². The lowest BCUT2D eigenvalue weighted by molar-refractivity contribution is -0.138. The van der Waals surface area contributed by atoms with E-state index in [0.29, 0.717) is 12.5 Å². The average Bonchev–Trinajstić information content (AvgIpc) is 2.54. The van der Waals surface area contributed by atoms with E-state index in [1.807, 2.05) is 20.8 Å². The third-order valence-corrected chi connectivity index (χ3v) is 1.85. The molecule has 0 saturated carbocycles. The third-order valence-electron chi connectivity index (χ3n) is 1.85. The predicted octanol–water partition coefficient (Wildman–Crippen LogP) is 0.655. The first-order valence-corrected chi connectivity index (χ1v) is 5.04. The molecule has 1 atom stereocenters. The highest BCUT2D eigenvalue weighted by molar-refractivity contribution is 5.37. The van der Waals surface area contributed by atoms with Crippen LogP contribution in [-0.2, 0) is 9.53 Å². The van der Waals surface area contributed by atoms with E-state index in [-0.39, 0.29) is 5.60 Å². The zero-order chi connectivity index (χ0) is 11.0. The van der Waals surface area contributed by atoms with Gasteiger partial charge in [0.25, 0.3) is 6.47 Å². The van der Waals surface area contributed by atoms with Crippen LogP contribution in [0.1, 0.15) is 33.6 Å². The molecule has 1 aliphatic rings. The molecular formula is C10H22N2O2. The maximum atomic E-state index is 9.60. The molecule has 3 N–H and O–H groups in total. The van der Waals surface area contributed by atoms with Crippen LogP contribution in [0, 0.1) is 0 Å². The second-order valence-corrected chi connectivity index (χ2v) is 4.36. The van der Waals surface area contributed by atoms with Crippen molar-refractivity contribution < 1.29 is 9.53 Å². The van der Waals surface area contributed by atoms with E-state index in [1.165, 1.54) is 19.4 Å². The second kappa shape index (κ2) is 6.79. The molecule has 4 nitrogen and oxygen atoms in total. The number of rotatable bonds is 2. The van der Waals surface area contributed by atoms with Gasteiger partial charge in [0.15, 0.2) is 0 Å². The minimum atomic E-state index is -0.318.